The van der Waals surface area contributed by atoms with Gasteiger partial charge in [0.05, 0.1) is 6.61 Å². The van der Waals surface area contributed by atoms with Crippen molar-refractivity contribution < 1.29 is 9.53 Å². The van der Waals surface area contributed by atoms with E-state index in [4.69, 9.17) is 10.5 Å². The second-order valence-corrected chi connectivity index (χ2v) is 4.63. The number of ether oxygens (including phenoxy) is 1. The first-order chi connectivity index (χ1) is 7.65. The summed E-state index contributed by atoms with van der Waals surface area (Å²) >= 11 is 1.71. The zero-order chi connectivity index (χ0) is 12.0. The highest BCUT2D eigenvalue weighted by Crippen LogP contribution is 2.15. The van der Waals surface area contributed by atoms with E-state index < -0.39 is 6.04 Å². The maximum atomic E-state index is 11.4. The van der Waals surface area contributed by atoms with Crippen molar-refractivity contribution >= 4 is 29.7 Å². The van der Waals surface area contributed by atoms with Crippen LogP contribution >= 0.6 is 23.7 Å². The lowest BCUT2D eigenvalue weighted by Crippen LogP contribution is -2.44. The van der Waals surface area contributed by atoms with Gasteiger partial charge in [0, 0.05) is 18.5 Å². The van der Waals surface area contributed by atoms with Gasteiger partial charge in [0.25, 0.3) is 0 Å². The van der Waals surface area contributed by atoms with Crippen LogP contribution in [-0.4, -0.2) is 32.2 Å². The molecule has 0 saturated carbocycles. The second-order valence-electron chi connectivity index (χ2n) is 3.63. The summed E-state index contributed by atoms with van der Waals surface area (Å²) in [5.74, 6) is -0.156. The average Bonchev–Trinajstić information content (AvgIpc) is 2.65. The van der Waals surface area contributed by atoms with Gasteiger partial charge in [-0.25, -0.2) is 0 Å². The normalized spacial score (nSPS) is 11.7. The first-order valence-electron chi connectivity index (χ1n) is 5.20. The topological polar surface area (TPSA) is 64.3 Å². The van der Waals surface area contributed by atoms with Crippen LogP contribution in [0.25, 0.3) is 0 Å². The molecular weight excluding hydrogens is 260 g/mol. The van der Waals surface area contributed by atoms with Crippen LogP contribution in [0.1, 0.15) is 10.4 Å². The number of carbonyl (C=O) groups excluding carboxylic acids is 1. The Morgan fingerprint density at radius 3 is 2.88 bits per heavy atom. The van der Waals surface area contributed by atoms with Crippen molar-refractivity contribution in [2.24, 2.45) is 5.73 Å². The number of carbonyl (C=O) groups is 1. The van der Waals surface area contributed by atoms with Crippen molar-refractivity contribution in [3.8, 4) is 0 Å². The Morgan fingerprint density at radius 2 is 2.35 bits per heavy atom. The molecule has 6 heteroatoms. The smallest absolute Gasteiger partial charge is 0.239 e. The van der Waals surface area contributed by atoms with E-state index >= 15 is 0 Å². The minimum atomic E-state index is -0.575. The number of halogens is 1. The van der Waals surface area contributed by atoms with Gasteiger partial charge in [0.1, 0.15) is 6.04 Å². The van der Waals surface area contributed by atoms with Crippen LogP contribution in [0.15, 0.2) is 11.4 Å². The maximum Gasteiger partial charge on any atom is 0.239 e. The van der Waals surface area contributed by atoms with Gasteiger partial charge in [-0.15, -0.1) is 23.7 Å². The lowest BCUT2D eigenvalue weighted by atomic mass is 10.2. The van der Waals surface area contributed by atoms with Crippen molar-refractivity contribution in [1.82, 2.24) is 5.32 Å². The third-order valence-corrected chi connectivity index (χ3v) is 3.39. The van der Waals surface area contributed by atoms with Gasteiger partial charge in [0.2, 0.25) is 5.91 Å². The Bertz CT molecular complexity index is 344. The molecule has 1 rings (SSSR count). The second kappa shape index (κ2) is 8.47. The average molecular weight is 279 g/mol. The summed E-state index contributed by atoms with van der Waals surface area (Å²) in [7, 11) is 1.53. The highest BCUT2D eigenvalue weighted by atomic mass is 35.5. The molecule has 98 valence electrons. The summed E-state index contributed by atoms with van der Waals surface area (Å²) in [5.41, 5.74) is 6.86. The number of aryl methyl sites for hydroxylation is 1. The molecule has 0 aromatic carbocycles. The first-order valence-corrected chi connectivity index (χ1v) is 6.08. The summed E-state index contributed by atoms with van der Waals surface area (Å²) in [5, 5.41) is 4.85. The number of methoxy groups -OCH3 is 1. The molecule has 1 atom stereocenters. The number of nitrogens with one attached hydrogen (secondary N) is 1. The van der Waals surface area contributed by atoms with E-state index in [2.05, 4.69) is 23.7 Å². The zero-order valence-corrected chi connectivity index (χ0v) is 11.7. The third-order valence-electron chi connectivity index (χ3n) is 2.30. The van der Waals surface area contributed by atoms with Crippen LogP contribution in [0, 0.1) is 6.92 Å². The molecule has 1 aromatic rings. The Hall–Kier alpha value is -0.620. The highest BCUT2D eigenvalue weighted by Gasteiger charge is 2.12. The van der Waals surface area contributed by atoms with E-state index in [1.807, 2.05) is 0 Å². The molecular formula is C11H19ClN2O2S. The molecule has 0 bridgehead atoms. The van der Waals surface area contributed by atoms with Crippen LogP contribution in [0.5, 0.6) is 0 Å². The standard InChI is InChI=1S/C11H18N2O2S.ClH/c1-8-4-6-16-10(8)3-5-13-11(14)9(12)7-15-2;/h4,6,9H,3,5,7,12H2,1-2H3,(H,13,14);1H. The van der Waals surface area contributed by atoms with E-state index in [9.17, 15) is 4.79 Å². The van der Waals surface area contributed by atoms with Crippen molar-refractivity contribution in [3.05, 3.63) is 21.9 Å². The van der Waals surface area contributed by atoms with Gasteiger partial charge in [0.15, 0.2) is 0 Å². The molecule has 17 heavy (non-hydrogen) atoms. The molecule has 0 aliphatic rings. The Morgan fingerprint density at radius 1 is 1.65 bits per heavy atom. The van der Waals surface area contributed by atoms with Crippen LogP contribution in [0.2, 0.25) is 0 Å². The van der Waals surface area contributed by atoms with E-state index in [-0.39, 0.29) is 24.9 Å². The van der Waals surface area contributed by atoms with Crippen LogP contribution in [0.4, 0.5) is 0 Å². The molecule has 0 fully saturated rings. The molecule has 3 N–H and O–H groups in total. The maximum absolute atomic E-state index is 11.4. The SMILES string of the molecule is COCC(N)C(=O)NCCc1sccc1C.Cl. The highest BCUT2D eigenvalue weighted by molar-refractivity contribution is 7.10. The van der Waals surface area contributed by atoms with E-state index in [0.29, 0.717) is 6.54 Å². The summed E-state index contributed by atoms with van der Waals surface area (Å²) in [6, 6.07) is 1.51. The molecule has 0 saturated heterocycles. The van der Waals surface area contributed by atoms with Gasteiger partial charge in [-0.2, -0.15) is 0 Å². The van der Waals surface area contributed by atoms with Crippen LogP contribution in [-0.2, 0) is 16.0 Å². The fraction of sp³-hybridized carbons (Fsp3) is 0.545. The number of thiophene rings is 1. The lowest BCUT2D eigenvalue weighted by Gasteiger charge is -2.10. The summed E-state index contributed by atoms with van der Waals surface area (Å²) in [6.45, 7) is 2.95. The van der Waals surface area contributed by atoms with Gasteiger partial charge < -0.3 is 15.8 Å². The van der Waals surface area contributed by atoms with E-state index in [1.54, 1.807) is 11.3 Å². The Labute approximate surface area is 112 Å². The van der Waals surface area contributed by atoms with Crippen molar-refractivity contribution in [2.45, 2.75) is 19.4 Å². The van der Waals surface area contributed by atoms with E-state index in [1.165, 1.54) is 17.6 Å². The predicted octanol–water partition coefficient (Wildman–Crippen LogP) is 1.11. The molecule has 1 unspecified atom stereocenters. The molecule has 1 heterocycles. The van der Waals surface area contributed by atoms with Gasteiger partial charge in [-0.1, -0.05) is 0 Å². The molecule has 0 aliphatic heterocycles. The first kappa shape index (κ1) is 16.4. The monoisotopic (exact) mass is 278 g/mol. The molecule has 1 aromatic heterocycles. The molecule has 1 amide bonds. The van der Waals surface area contributed by atoms with Gasteiger partial charge in [-0.3, -0.25) is 4.79 Å². The van der Waals surface area contributed by atoms with Gasteiger partial charge >= 0.3 is 0 Å². The summed E-state index contributed by atoms with van der Waals surface area (Å²) in [4.78, 5) is 12.7. The number of hydrogen-bond donors (Lipinski definition) is 2. The number of rotatable bonds is 6. The van der Waals surface area contributed by atoms with Crippen molar-refractivity contribution in [2.75, 3.05) is 20.3 Å². The minimum Gasteiger partial charge on any atom is -0.383 e. The fourth-order valence-electron chi connectivity index (χ4n) is 1.35. The minimum absolute atomic E-state index is 0. The van der Waals surface area contributed by atoms with E-state index in [0.717, 1.165) is 6.42 Å². The molecule has 4 nitrogen and oxygen atoms in total. The Balaban J connectivity index is 0.00000256. The largest absolute Gasteiger partial charge is 0.383 e. The van der Waals surface area contributed by atoms with Crippen molar-refractivity contribution in [3.63, 3.8) is 0 Å². The number of amides is 1. The lowest BCUT2D eigenvalue weighted by molar-refractivity contribution is -0.123. The summed E-state index contributed by atoms with van der Waals surface area (Å²) in [6.07, 6.45) is 0.856. The van der Waals surface area contributed by atoms with Crippen LogP contribution in [0.3, 0.4) is 0 Å². The fourth-order valence-corrected chi connectivity index (χ4v) is 2.26. The predicted molar refractivity (Wildman–Crippen MR) is 72.9 cm³/mol. The number of nitrogens with two attached hydrogens (primary N) is 1. The molecule has 0 radical (unpaired) electrons. The van der Waals surface area contributed by atoms with Gasteiger partial charge in [-0.05, 0) is 30.4 Å². The quantitative estimate of drug-likeness (QED) is 0.819. The van der Waals surface area contributed by atoms with Crippen LogP contribution < -0.4 is 11.1 Å². The zero-order valence-electron chi connectivity index (χ0n) is 10.1. The Kier molecular flexibility index (Phi) is 8.16. The van der Waals surface area contributed by atoms with Crippen molar-refractivity contribution in [1.29, 1.82) is 0 Å². The molecule has 0 spiro atoms. The number of hydrogen-bond acceptors (Lipinski definition) is 4. The molecule has 0 aliphatic carbocycles. The summed E-state index contributed by atoms with van der Waals surface area (Å²) < 4.78 is 4.81. The third kappa shape index (κ3) is 5.50.